The summed E-state index contributed by atoms with van der Waals surface area (Å²) in [5.74, 6) is 2.47. The number of aliphatic hydroxyl groups excluding tert-OH is 1. The van der Waals surface area contributed by atoms with Crippen LogP contribution in [0.3, 0.4) is 0 Å². The summed E-state index contributed by atoms with van der Waals surface area (Å²) < 4.78 is 6.57. The summed E-state index contributed by atoms with van der Waals surface area (Å²) in [6.07, 6.45) is 11.3. The van der Waals surface area contributed by atoms with E-state index in [0.29, 0.717) is 17.7 Å². The third kappa shape index (κ3) is 5.83. The highest BCUT2D eigenvalue weighted by atomic mass is 16.5. The van der Waals surface area contributed by atoms with E-state index in [1.165, 1.54) is 5.56 Å². The molecule has 2 aromatic heterocycles. The van der Waals surface area contributed by atoms with Crippen LogP contribution in [0.15, 0.2) is 12.4 Å². The molecule has 4 rings (SSSR count). The molecule has 2 fully saturated rings. The predicted molar refractivity (Wildman–Crippen MR) is 133 cm³/mol. The van der Waals surface area contributed by atoms with E-state index in [-0.39, 0.29) is 23.3 Å². The van der Waals surface area contributed by atoms with Crippen LogP contribution >= 0.6 is 0 Å². The molecule has 6 nitrogen and oxygen atoms in total. The van der Waals surface area contributed by atoms with Crippen LogP contribution in [0.4, 0.5) is 0 Å². The first-order chi connectivity index (χ1) is 15.5. The van der Waals surface area contributed by atoms with Gasteiger partial charge in [-0.15, -0.1) is 0 Å². The second-order valence-corrected chi connectivity index (χ2v) is 11.8. The van der Waals surface area contributed by atoms with Gasteiger partial charge in [0.15, 0.2) is 0 Å². The van der Waals surface area contributed by atoms with Gasteiger partial charge in [0.05, 0.1) is 17.0 Å². The molecule has 0 bridgehead atoms. The van der Waals surface area contributed by atoms with Gasteiger partial charge in [0.25, 0.3) is 0 Å². The average molecular weight is 455 g/mol. The topological polar surface area (TPSA) is 80.2 Å². The largest absolute Gasteiger partial charge is 0.474 e. The first kappa shape index (κ1) is 24.3. The van der Waals surface area contributed by atoms with Gasteiger partial charge in [-0.3, -0.25) is 0 Å². The fourth-order valence-electron chi connectivity index (χ4n) is 5.86. The zero-order chi connectivity index (χ0) is 23.8. The van der Waals surface area contributed by atoms with Crippen molar-refractivity contribution in [1.29, 1.82) is 0 Å². The van der Waals surface area contributed by atoms with Gasteiger partial charge in [-0.25, -0.2) is 15.0 Å². The lowest BCUT2D eigenvalue weighted by Gasteiger charge is -2.46. The zero-order valence-corrected chi connectivity index (χ0v) is 21.3. The van der Waals surface area contributed by atoms with Crippen LogP contribution in [0.2, 0.25) is 0 Å². The molecule has 1 aliphatic carbocycles. The van der Waals surface area contributed by atoms with Gasteiger partial charge in [-0.05, 0) is 65.2 Å². The van der Waals surface area contributed by atoms with Crippen molar-refractivity contribution >= 4 is 10.9 Å². The number of nitrogens with one attached hydrogen (secondary N) is 1. The maximum atomic E-state index is 10.0. The summed E-state index contributed by atoms with van der Waals surface area (Å²) in [6.45, 7) is 13.4. The molecular formula is C27H42N4O2. The number of ether oxygens (including phenoxy) is 1. The Labute approximate surface area is 199 Å². The van der Waals surface area contributed by atoms with Crippen LogP contribution in [0.5, 0.6) is 5.88 Å². The number of rotatable bonds is 6. The normalized spacial score (nSPS) is 26.3. The highest BCUT2D eigenvalue weighted by Crippen LogP contribution is 2.39. The lowest BCUT2D eigenvalue weighted by Crippen LogP contribution is -2.60. The maximum Gasteiger partial charge on any atom is 0.224 e. The van der Waals surface area contributed by atoms with Crippen molar-refractivity contribution < 1.29 is 9.84 Å². The van der Waals surface area contributed by atoms with Crippen molar-refractivity contribution in [2.24, 2.45) is 5.92 Å². The van der Waals surface area contributed by atoms with Gasteiger partial charge in [0.1, 0.15) is 11.9 Å². The minimum Gasteiger partial charge on any atom is -0.474 e. The predicted octanol–water partition coefficient (Wildman–Crippen LogP) is 5.32. The Balaban J connectivity index is 1.69. The monoisotopic (exact) mass is 454 g/mol. The standard InChI is InChI=1S/C27H42N4O2/c1-7-17(2)12-23-28-16-22-24(30-23)21(18-8-10-19(32)11-9-18)15-29-25(22)33-20-13-26(3,4)31-27(5,6)14-20/h15-20,31-32H,7-14H2,1-6H3/t17-,18?,19?/m0/s1. The maximum absolute atomic E-state index is 10.0. The molecule has 2 aromatic rings. The van der Waals surface area contributed by atoms with E-state index >= 15 is 0 Å². The molecule has 1 saturated carbocycles. The number of nitrogens with zero attached hydrogens (tertiary/aromatic N) is 3. The molecule has 0 radical (unpaired) electrons. The summed E-state index contributed by atoms with van der Waals surface area (Å²) >= 11 is 0. The van der Waals surface area contributed by atoms with Crippen LogP contribution in [0.1, 0.15) is 104 Å². The SMILES string of the molecule is CC[C@H](C)Cc1ncc2c(OC3CC(C)(C)NC(C)(C)C3)ncc(C3CCC(O)CC3)c2n1. The van der Waals surface area contributed by atoms with Crippen LogP contribution in [-0.4, -0.2) is 43.3 Å². The molecule has 0 spiro atoms. The third-order valence-corrected chi connectivity index (χ3v) is 7.46. The molecule has 182 valence electrons. The Kier molecular flexibility index (Phi) is 6.97. The smallest absolute Gasteiger partial charge is 0.224 e. The molecule has 1 saturated heterocycles. The quantitative estimate of drug-likeness (QED) is 0.615. The summed E-state index contributed by atoms with van der Waals surface area (Å²) in [5, 5.41) is 14.6. The van der Waals surface area contributed by atoms with E-state index in [2.05, 4.69) is 46.9 Å². The molecule has 3 heterocycles. The zero-order valence-electron chi connectivity index (χ0n) is 21.3. The number of pyridine rings is 1. The van der Waals surface area contributed by atoms with Crippen LogP contribution in [0, 0.1) is 5.92 Å². The Morgan fingerprint density at radius 3 is 2.36 bits per heavy atom. The minimum absolute atomic E-state index is 0.00501. The number of aliphatic hydroxyl groups is 1. The Morgan fingerprint density at radius 1 is 1.06 bits per heavy atom. The highest BCUT2D eigenvalue weighted by molar-refractivity contribution is 5.85. The van der Waals surface area contributed by atoms with Crippen molar-refractivity contribution in [3.05, 3.63) is 23.8 Å². The van der Waals surface area contributed by atoms with E-state index in [9.17, 15) is 5.11 Å². The number of hydrogen-bond acceptors (Lipinski definition) is 6. The molecule has 0 unspecified atom stereocenters. The van der Waals surface area contributed by atoms with Gasteiger partial charge >= 0.3 is 0 Å². The van der Waals surface area contributed by atoms with Crippen LogP contribution in [0.25, 0.3) is 10.9 Å². The number of hydrogen-bond donors (Lipinski definition) is 2. The third-order valence-electron chi connectivity index (χ3n) is 7.46. The van der Waals surface area contributed by atoms with E-state index in [1.54, 1.807) is 0 Å². The average Bonchev–Trinajstić information content (AvgIpc) is 2.72. The molecule has 33 heavy (non-hydrogen) atoms. The van der Waals surface area contributed by atoms with Gasteiger partial charge in [-0.1, -0.05) is 20.3 Å². The van der Waals surface area contributed by atoms with Crippen molar-refractivity contribution in [2.45, 2.75) is 122 Å². The molecule has 1 aliphatic heterocycles. The number of fused-ring (bicyclic) bond motifs is 1. The van der Waals surface area contributed by atoms with Gasteiger partial charge < -0.3 is 15.2 Å². The van der Waals surface area contributed by atoms with Gasteiger partial charge in [0.2, 0.25) is 5.88 Å². The first-order valence-corrected chi connectivity index (χ1v) is 12.8. The molecule has 0 amide bonds. The van der Waals surface area contributed by atoms with Crippen LogP contribution < -0.4 is 10.1 Å². The number of piperidine rings is 1. The van der Waals surface area contributed by atoms with Gasteiger partial charge in [0, 0.05) is 48.3 Å². The minimum atomic E-state index is -0.176. The van der Waals surface area contributed by atoms with E-state index in [4.69, 9.17) is 19.7 Å². The fraction of sp³-hybridized carbons (Fsp3) is 0.741. The second kappa shape index (κ2) is 9.46. The summed E-state index contributed by atoms with van der Waals surface area (Å²) in [4.78, 5) is 14.6. The molecule has 6 heteroatoms. The Hall–Kier alpha value is -1.79. The van der Waals surface area contributed by atoms with E-state index in [0.717, 1.165) is 68.1 Å². The Morgan fingerprint density at radius 2 is 1.73 bits per heavy atom. The summed E-state index contributed by atoms with van der Waals surface area (Å²) in [7, 11) is 0. The summed E-state index contributed by atoms with van der Waals surface area (Å²) in [5.41, 5.74) is 2.18. The molecule has 2 aliphatic rings. The lowest BCUT2D eigenvalue weighted by molar-refractivity contribution is 0.0540. The molecule has 1 atom stereocenters. The fourth-order valence-corrected chi connectivity index (χ4v) is 5.86. The summed E-state index contributed by atoms with van der Waals surface area (Å²) in [6, 6.07) is 0. The van der Waals surface area contributed by atoms with E-state index < -0.39 is 0 Å². The first-order valence-electron chi connectivity index (χ1n) is 12.8. The van der Waals surface area contributed by atoms with Crippen molar-refractivity contribution in [3.8, 4) is 5.88 Å². The molecule has 0 aromatic carbocycles. The lowest BCUT2D eigenvalue weighted by atomic mass is 9.81. The molecule has 2 N–H and O–H groups in total. The highest BCUT2D eigenvalue weighted by Gasteiger charge is 2.39. The Bertz CT molecular complexity index is 950. The van der Waals surface area contributed by atoms with Crippen molar-refractivity contribution in [3.63, 3.8) is 0 Å². The molecular weight excluding hydrogens is 412 g/mol. The van der Waals surface area contributed by atoms with Crippen LogP contribution in [-0.2, 0) is 6.42 Å². The van der Waals surface area contributed by atoms with Crippen molar-refractivity contribution in [2.75, 3.05) is 0 Å². The number of aromatic nitrogens is 3. The second-order valence-electron chi connectivity index (χ2n) is 11.8. The van der Waals surface area contributed by atoms with Gasteiger partial charge in [-0.2, -0.15) is 0 Å². The van der Waals surface area contributed by atoms with Crippen molar-refractivity contribution in [1.82, 2.24) is 20.3 Å². The van der Waals surface area contributed by atoms with E-state index in [1.807, 2.05) is 12.4 Å².